The van der Waals surface area contributed by atoms with E-state index in [1.54, 1.807) is 12.1 Å². The standard InChI is InChI=1S/C22H21F6NO3/c1-12-4-5-14(6-13(12)2)9-18(20(31)32-3)29-19(30)10-15-7-16(21(23,24)25)11-17(8-15)22(26,27)28/h4-8,11,18H,9-10H2,1-3H3,(H,29,30)/t18-/m0/s1. The van der Waals surface area contributed by atoms with Gasteiger partial charge in [-0.1, -0.05) is 18.2 Å². The molecule has 10 heteroatoms. The lowest BCUT2D eigenvalue weighted by Crippen LogP contribution is -2.43. The number of carbonyl (C=O) groups is 2. The highest BCUT2D eigenvalue weighted by Gasteiger charge is 2.37. The fraction of sp³-hybridized carbons (Fsp3) is 0.364. The van der Waals surface area contributed by atoms with E-state index in [2.05, 4.69) is 10.1 Å². The van der Waals surface area contributed by atoms with Crippen LogP contribution in [0.1, 0.15) is 33.4 Å². The van der Waals surface area contributed by atoms with Gasteiger partial charge in [-0.25, -0.2) is 4.79 Å². The number of halogens is 6. The Morgan fingerprint density at radius 1 is 0.875 bits per heavy atom. The van der Waals surface area contributed by atoms with E-state index in [1.807, 2.05) is 19.9 Å². The molecule has 0 unspecified atom stereocenters. The summed E-state index contributed by atoms with van der Waals surface area (Å²) in [5.74, 6) is -1.71. The van der Waals surface area contributed by atoms with Gasteiger partial charge in [0.2, 0.25) is 5.91 Å². The van der Waals surface area contributed by atoms with Gasteiger partial charge in [0.25, 0.3) is 0 Å². The lowest BCUT2D eigenvalue weighted by atomic mass is 10.00. The van der Waals surface area contributed by atoms with Gasteiger partial charge in [-0.05, 0) is 54.3 Å². The van der Waals surface area contributed by atoms with Gasteiger partial charge >= 0.3 is 18.3 Å². The van der Waals surface area contributed by atoms with Crippen LogP contribution in [0.2, 0.25) is 0 Å². The van der Waals surface area contributed by atoms with Crippen LogP contribution in [0.4, 0.5) is 26.3 Å². The third kappa shape index (κ3) is 6.73. The maximum atomic E-state index is 13.0. The topological polar surface area (TPSA) is 55.4 Å². The maximum absolute atomic E-state index is 13.0. The lowest BCUT2D eigenvalue weighted by molar-refractivity contribution is -0.145. The number of amides is 1. The zero-order chi connectivity index (χ0) is 24.3. The van der Waals surface area contributed by atoms with Crippen molar-refractivity contribution in [3.63, 3.8) is 0 Å². The first kappa shape index (κ1) is 25.2. The zero-order valence-corrected chi connectivity index (χ0v) is 17.4. The molecule has 2 rings (SSSR count). The average Bonchev–Trinajstić information content (AvgIpc) is 2.68. The van der Waals surface area contributed by atoms with Gasteiger partial charge in [-0.3, -0.25) is 4.79 Å². The number of carbonyl (C=O) groups excluding carboxylic acids is 2. The van der Waals surface area contributed by atoms with Gasteiger partial charge in [0.1, 0.15) is 6.04 Å². The predicted molar refractivity (Wildman–Crippen MR) is 104 cm³/mol. The third-order valence-electron chi connectivity index (χ3n) is 4.84. The zero-order valence-electron chi connectivity index (χ0n) is 17.4. The van der Waals surface area contributed by atoms with Crippen molar-refractivity contribution < 1.29 is 40.7 Å². The Kier molecular flexibility index (Phi) is 7.58. The van der Waals surface area contributed by atoms with Gasteiger partial charge in [0, 0.05) is 6.42 Å². The SMILES string of the molecule is COC(=O)[C@H](Cc1ccc(C)c(C)c1)NC(=O)Cc1cc(C(F)(F)F)cc(C(F)(F)F)c1. The van der Waals surface area contributed by atoms with Crippen molar-refractivity contribution in [2.24, 2.45) is 0 Å². The van der Waals surface area contributed by atoms with E-state index in [4.69, 9.17) is 0 Å². The fourth-order valence-corrected chi connectivity index (χ4v) is 3.05. The molecule has 0 aliphatic heterocycles. The van der Waals surface area contributed by atoms with Crippen LogP contribution in [-0.4, -0.2) is 25.0 Å². The molecule has 0 spiro atoms. The van der Waals surface area contributed by atoms with Crippen molar-refractivity contribution in [2.45, 2.75) is 45.1 Å². The summed E-state index contributed by atoms with van der Waals surface area (Å²) in [5.41, 5.74) is -0.871. The molecule has 0 aliphatic rings. The van der Waals surface area contributed by atoms with E-state index < -0.39 is 53.4 Å². The molecule has 0 radical (unpaired) electrons. The smallest absolute Gasteiger partial charge is 0.416 e. The second-order valence-corrected chi connectivity index (χ2v) is 7.36. The molecule has 2 aromatic carbocycles. The van der Waals surface area contributed by atoms with Crippen molar-refractivity contribution in [1.82, 2.24) is 5.32 Å². The number of nitrogens with one attached hydrogen (secondary N) is 1. The van der Waals surface area contributed by atoms with Crippen LogP contribution in [-0.2, 0) is 39.5 Å². The van der Waals surface area contributed by atoms with Crippen molar-refractivity contribution in [3.05, 3.63) is 69.8 Å². The lowest BCUT2D eigenvalue weighted by Gasteiger charge is -2.18. The first-order chi connectivity index (χ1) is 14.7. The van der Waals surface area contributed by atoms with Crippen LogP contribution in [0.5, 0.6) is 0 Å². The highest BCUT2D eigenvalue weighted by atomic mass is 19.4. The van der Waals surface area contributed by atoms with E-state index in [0.717, 1.165) is 18.2 Å². The van der Waals surface area contributed by atoms with E-state index in [9.17, 15) is 35.9 Å². The van der Waals surface area contributed by atoms with Crippen LogP contribution in [0.3, 0.4) is 0 Å². The predicted octanol–water partition coefficient (Wildman–Crippen LogP) is 4.78. The Hall–Kier alpha value is -3.04. The number of esters is 1. The summed E-state index contributed by atoms with van der Waals surface area (Å²) in [6.07, 6.45) is -10.8. The van der Waals surface area contributed by atoms with Crippen LogP contribution < -0.4 is 5.32 Å². The Balaban J connectivity index is 2.25. The molecule has 4 nitrogen and oxygen atoms in total. The molecule has 0 heterocycles. The number of aryl methyl sites for hydroxylation is 2. The van der Waals surface area contributed by atoms with Gasteiger partial charge in [-0.15, -0.1) is 0 Å². The summed E-state index contributed by atoms with van der Waals surface area (Å²) in [6, 6.07) is 5.14. The van der Waals surface area contributed by atoms with E-state index >= 15 is 0 Å². The summed E-state index contributed by atoms with van der Waals surface area (Å²) in [4.78, 5) is 24.5. The number of benzene rings is 2. The Morgan fingerprint density at radius 3 is 1.91 bits per heavy atom. The molecular formula is C22H21F6NO3. The molecule has 174 valence electrons. The fourth-order valence-electron chi connectivity index (χ4n) is 3.05. The number of rotatable bonds is 6. The summed E-state index contributed by atoms with van der Waals surface area (Å²) in [5, 5.41) is 2.34. The average molecular weight is 461 g/mol. The van der Waals surface area contributed by atoms with Crippen molar-refractivity contribution in [2.75, 3.05) is 7.11 Å². The second kappa shape index (κ2) is 9.62. The van der Waals surface area contributed by atoms with Gasteiger partial charge in [0.05, 0.1) is 24.7 Å². The molecule has 0 bridgehead atoms. The minimum atomic E-state index is -5.02. The number of hydrogen-bond acceptors (Lipinski definition) is 3. The Morgan fingerprint density at radius 2 is 1.44 bits per heavy atom. The first-order valence-electron chi connectivity index (χ1n) is 9.42. The van der Waals surface area contributed by atoms with Crippen molar-refractivity contribution >= 4 is 11.9 Å². The van der Waals surface area contributed by atoms with Crippen LogP contribution in [0, 0.1) is 13.8 Å². The largest absolute Gasteiger partial charge is 0.467 e. The third-order valence-corrected chi connectivity index (χ3v) is 4.84. The molecule has 1 atom stereocenters. The normalized spacial score (nSPS) is 12.9. The highest BCUT2D eigenvalue weighted by Crippen LogP contribution is 2.36. The van der Waals surface area contributed by atoms with Gasteiger partial charge < -0.3 is 10.1 Å². The summed E-state index contributed by atoms with van der Waals surface area (Å²) < 4.78 is 82.7. The van der Waals surface area contributed by atoms with E-state index in [1.165, 1.54) is 0 Å². The Labute approximate surface area is 180 Å². The molecule has 0 fully saturated rings. The number of hydrogen-bond donors (Lipinski definition) is 1. The second-order valence-electron chi connectivity index (χ2n) is 7.36. The molecular weight excluding hydrogens is 440 g/mol. The number of ether oxygens (including phenoxy) is 1. The summed E-state index contributed by atoms with van der Waals surface area (Å²) in [7, 11) is 1.10. The quantitative estimate of drug-likeness (QED) is 0.498. The molecule has 0 aromatic heterocycles. The van der Waals surface area contributed by atoms with E-state index in [0.29, 0.717) is 17.7 Å². The van der Waals surface area contributed by atoms with Crippen molar-refractivity contribution in [1.29, 1.82) is 0 Å². The number of alkyl halides is 6. The minimum Gasteiger partial charge on any atom is -0.467 e. The van der Waals surface area contributed by atoms with Gasteiger partial charge in [-0.2, -0.15) is 26.3 Å². The van der Waals surface area contributed by atoms with Crippen LogP contribution in [0.25, 0.3) is 0 Å². The van der Waals surface area contributed by atoms with Crippen LogP contribution >= 0.6 is 0 Å². The first-order valence-corrected chi connectivity index (χ1v) is 9.42. The molecule has 0 saturated carbocycles. The monoisotopic (exact) mass is 461 g/mol. The highest BCUT2D eigenvalue weighted by molar-refractivity contribution is 5.85. The van der Waals surface area contributed by atoms with Crippen molar-refractivity contribution in [3.8, 4) is 0 Å². The molecule has 1 N–H and O–H groups in total. The molecule has 0 saturated heterocycles. The summed E-state index contributed by atoms with van der Waals surface area (Å²) in [6.45, 7) is 3.75. The molecule has 0 aliphatic carbocycles. The van der Waals surface area contributed by atoms with Crippen LogP contribution in [0.15, 0.2) is 36.4 Å². The Bertz CT molecular complexity index is 966. The minimum absolute atomic E-state index is 0.0155. The van der Waals surface area contributed by atoms with E-state index in [-0.39, 0.29) is 12.5 Å². The molecule has 32 heavy (non-hydrogen) atoms. The number of methoxy groups -OCH3 is 1. The summed E-state index contributed by atoms with van der Waals surface area (Å²) >= 11 is 0. The van der Waals surface area contributed by atoms with Gasteiger partial charge in [0.15, 0.2) is 0 Å². The molecule has 2 aromatic rings. The maximum Gasteiger partial charge on any atom is 0.416 e. The molecule has 1 amide bonds.